The van der Waals surface area contributed by atoms with E-state index in [2.05, 4.69) is 10.4 Å². The summed E-state index contributed by atoms with van der Waals surface area (Å²) in [5.41, 5.74) is -0.566. The van der Waals surface area contributed by atoms with Crippen LogP contribution in [0.25, 0.3) is 5.69 Å². The van der Waals surface area contributed by atoms with E-state index in [0.717, 1.165) is 11.8 Å². The van der Waals surface area contributed by atoms with E-state index < -0.39 is 23.3 Å². The predicted molar refractivity (Wildman–Crippen MR) is 111 cm³/mol. The third-order valence-corrected chi connectivity index (χ3v) is 4.81. The molecule has 0 saturated carbocycles. The quantitative estimate of drug-likeness (QED) is 0.464. The lowest BCUT2D eigenvalue weighted by molar-refractivity contribution is -0.143. The van der Waals surface area contributed by atoms with E-state index in [9.17, 15) is 18.0 Å². The van der Waals surface area contributed by atoms with Gasteiger partial charge in [-0.15, -0.1) is 0 Å². The first-order valence-electron chi connectivity index (χ1n) is 9.63. The Bertz CT molecular complexity index is 1020. The van der Waals surface area contributed by atoms with Gasteiger partial charge in [-0.25, -0.2) is 4.68 Å². The van der Waals surface area contributed by atoms with Gasteiger partial charge in [0.25, 0.3) is 5.91 Å². The van der Waals surface area contributed by atoms with E-state index in [1.165, 1.54) is 24.3 Å². The van der Waals surface area contributed by atoms with Crippen LogP contribution in [0.2, 0.25) is 5.02 Å². The van der Waals surface area contributed by atoms with E-state index >= 15 is 0 Å². The summed E-state index contributed by atoms with van der Waals surface area (Å²) in [6.45, 7) is 2.43. The Kier molecular flexibility index (Phi) is 7.35. The molecule has 1 atom stereocenters. The van der Waals surface area contributed by atoms with Crippen LogP contribution in [-0.4, -0.2) is 28.8 Å². The number of amides is 1. The Morgan fingerprint density at radius 2 is 1.94 bits per heavy atom. The average molecular weight is 452 g/mol. The molecular weight excluding hydrogens is 431 g/mol. The minimum Gasteiger partial charge on any atom is -0.374 e. The van der Waals surface area contributed by atoms with Crippen molar-refractivity contribution in [2.75, 3.05) is 13.2 Å². The summed E-state index contributed by atoms with van der Waals surface area (Å²) < 4.78 is 47.4. The van der Waals surface area contributed by atoms with E-state index in [1.807, 2.05) is 37.3 Å². The molecule has 0 bridgehead atoms. The number of nitrogens with zero attached hydrogens (tertiary/aromatic N) is 2. The van der Waals surface area contributed by atoms with Gasteiger partial charge in [-0.05, 0) is 37.1 Å². The fourth-order valence-electron chi connectivity index (χ4n) is 3.04. The number of aromatic nitrogens is 2. The average Bonchev–Trinajstić information content (AvgIpc) is 3.20. The summed E-state index contributed by atoms with van der Waals surface area (Å²) in [4.78, 5) is 12.4. The second kappa shape index (κ2) is 9.98. The summed E-state index contributed by atoms with van der Waals surface area (Å²) in [6.07, 6.45) is -3.54. The first-order chi connectivity index (χ1) is 14.8. The molecule has 0 aliphatic rings. The number of hydrogen-bond acceptors (Lipinski definition) is 3. The van der Waals surface area contributed by atoms with Crippen molar-refractivity contribution < 1.29 is 22.7 Å². The number of hydrogen-bond donors (Lipinski definition) is 1. The summed E-state index contributed by atoms with van der Waals surface area (Å²) >= 11 is 5.88. The molecule has 0 radical (unpaired) electrons. The van der Waals surface area contributed by atoms with Crippen LogP contribution in [0.3, 0.4) is 0 Å². The van der Waals surface area contributed by atoms with E-state index in [-0.39, 0.29) is 23.4 Å². The molecule has 0 spiro atoms. The van der Waals surface area contributed by atoms with Crippen molar-refractivity contribution in [3.63, 3.8) is 0 Å². The fourth-order valence-corrected chi connectivity index (χ4v) is 3.23. The van der Waals surface area contributed by atoms with Crippen LogP contribution >= 0.6 is 11.6 Å². The Hall–Kier alpha value is -2.84. The number of benzene rings is 2. The lowest BCUT2D eigenvalue weighted by Gasteiger charge is -2.14. The van der Waals surface area contributed by atoms with Gasteiger partial charge in [0.05, 0.1) is 23.6 Å². The van der Waals surface area contributed by atoms with Gasteiger partial charge in [-0.3, -0.25) is 4.79 Å². The largest absolute Gasteiger partial charge is 0.434 e. The second-order valence-electron chi connectivity index (χ2n) is 6.83. The molecule has 1 unspecified atom stereocenters. The molecule has 1 amide bonds. The number of halogens is 4. The van der Waals surface area contributed by atoms with Gasteiger partial charge >= 0.3 is 6.18 Å². The van der Waals surface area contributed by atoms with Gasteiger partial charge in [0.15, 0.2) is 5.69 Å². The van der Waals surface area contributed by atoms with Gasteiger partial charge in [0.1, 0.15) is 0 Å². The van der Waals surface area contributed by atoms with Crippen LogP contribution in [-0.2, 0) is 10.9 Å². The summed E-state index contributed by atoms with van der Waals surface area (Å²) in [6, 6.07) is 15.5. The molecule has 5 nitrogen and oxygen atoms in total. The SMILES string of the molecule is CC(OCCCNC(=O)c1cnn(-c2cccc(Cl)c2)c1C(F)(F)F)c1ccccc1. The van der Waals surface area contributed by atoms with E-state index in [4.69, 9.17) is 16.3 Å². The molecule has 1 heterocycles. The molecule has 3 rings (SSSR count). The van der Waals surface area contributed by atoms with Crippen LogP contribution in [0.1, 0.15) is 41.1 Å². The van der Waals surface area contributed by atoms with Gasteiger partial charge in [0.2, 0.25) is 0 Å². The summed E-state index contributed by atoms with van der Waals surface area (Å²) in [5.74, 6) is -0.850. The minimum absolute atomic E-state index is 0.113. The third-order valence-electron chi connectivity index (χ3n) is 4.58. The van der Waals surface area contributed by atoms with Crippen LogP contribution in [0.15, 0.2) is 60.8 Å². The Morgan fingerprint density at radius 3 is 2.61 bits per heavy atom. The molecule has 2 aromatic carbocycles. The predicted octanol–water partition coefficient (Wildman–Crippen LogP) is 5.44. The van der Waals surface area contributed by atoms with Crippen LogP contribution in [0, 0.1) is 0 Å². The number of rotatable bonds is 8. The zero-order valence-electron chi connectivity index (χ0n) is 16.7. The Labute approximate surface area is 182 Å². The summed E-state index contributed by atoms with van der Waals surface area (Å²) in [5, 5.41) is 6.53. The highest BCUT2D eigenvalue weighted by atomic mass is 35.5. The van der Waals surface area contributed by atoms with Gasteiger partial charge in [-0.2, -0.15) is 18.3 Å². The smallest absolute Gasteiger partial charge is 0.374 e. The highest BCUT2D eigenvalue weighted by molar-refractivity contribution is 6.30. The molecule has 31 heavy (non-hydrogen) atoms. The first kappa shape index (κ1) is 22.8. The molecule has 0 fully saturated rings. The maximum Gasteiger partial charge on any atom is 0.434 e. The maximum absolute atomic E-state index is 13.7. The van der Waals surface area contributed by atoms with Crippen LogP contribution in [0.4, 0.5) is 13.2 Å². The first-order valence-corrected chi connectivity index (χ1v) is 10.0. The van der Waals surface area contributed by atoms with Crippen molar-refractivity contribution in [1.29, 1.82) is 0 Å². The highest BCUT2D eigenvalue weighted by Gasteiger charge is 2.40. The van der Waals surface area contributed by atoms with Crippen molar-refractivity contribution in [2.45, 2.75) is 25.6 Å². The summed E-state index contributed by atoms with van der Waals surface area (Å²) in [7, 11) is 0. The monoisotopic (exact) mass is 451 g/mol. The minimum atomic E-state index is -4.78. The Morgan fingerprint density at radius 1 is 1.19 bits per heavy atom. The molecule has 0 aliphatic heterocycles. The fraction of sp³-hybridized carbons (Fsp3) is 0.273. The molecule has 0 saturated heterocycles. The van der Waals surface area contributed by atoms with Crippen molar-refractivity contribution in [2.24, 2.45) is 0 Å². The molecule has 0 aliphatic carbocycles. The molecule has 1 N–H and O–H groups in total. The van der Waals surface area contributed by atoms with Gasteiger partial charge in [-0.1, -0.05) is 48.0 Å². The molecule has 9 heteroatoms. The number of nitrogens with one attached hydrogen (secondary N) is 1. The van der Waals surface area contributed by atoms with Crippen molar-refractivity contribution in [3.05, 3.63) is 82.6 Å². The standard InChI is InChI=1S/C22H21ClF3N3O2/c1-15(16-7-3-2-4-8-16)31-12-6-11-27-21(30)19-14-28-29(20(19)22(24,25)26)18-10-5-9-17(23)13-18/h2-5,7-10,13-15H,6,11-12H2,1H3,(H,27,30). The van der Waals surface area contributed by atoms with E-state index in [0.29, 0.717) is 17.7 Å². The molecule has 3 aromatic rings. The zero-order chi connectivity index (χ0) is 22.4. The number of carbonyl (C=O) groups excluding carboxylic acids is 1. The van der Waals surface area contributed by atoms with Gasteiger partial charge < -0.3 is 10.1 Å². The third kappa shape index (κ3) is 5.86. The number of ether oxygens (including phenoxy) is 1. The Balaban J connectivity index is 1.61. The normalized spacial score (nSPS) is 12.5. The maximum atomic E-state index is 13.7. The van der Waals surface area contributed by atoms with Crippen LogP contribution < -0.4 is 5.32 Å². The van der Waals surface area contributed by atoms with Crippen molar-refractivity contribution in [1.82, 2.24) is 15.1 Å². The lowest BCUT2D eigenvalue weighted by Crippen LogP contribution is -2.28. The molecule has 1 aromatic heterocycles. The van der Waals surface area contributed by atoms with Crippen LogP contribution in [0.5, 0.6) is 0 Å². The zero-order valence-corrected chi connectivity index (χ0v) is 17.5. The second-order valence-corrected chi connectivity index (χ2v) is 7.27. The lowest BCUT2D eigenvalue weighted by atomic mass is 10.1. The molecule has 164 valence electrons. The topological polar surface area (TPSA) is 56.1 Å². The van der Waals surface area contributed by atoms with Crippen molar-refractivity contribution >= 4 is 17.5 Å². The van der Waals surface area contributed by atoms with Crippen molar-refractivity contribution in [3.8, 4) is 5.69 Å². The van der Waals surface area contributed by atoms with Gasteiger partial charge in [0, 0.05) is 18.2 Å². The highest BCUT2D eigenvalue weighted by Crippen LogP contribution is 2.34. The number of alkyl halides is 3. The number of carbonyl (C=O) groups is 1. The molecular formula is C22H21ClF3N3O2. The van der Waals surface area contributed by atoms with E-state index in [1.54, 1.807) is 0 Å².